The van der Waals surface area contributed by atoms with Gasteiger partial charge in [0.05, 0.1) is 5.33 Å². The van der Waals surface area contributed by atoms with Gasteiger partial charge in [0.1, 0.15) is 5.78 Å². The Hall–Kier alpha value is 0.150. The van der Waals surface area contributed by atoms with Gasteiger partial charge < -0.3 is 0 Å². The number of rotatable bonds is 4. The molecule has 0 aromatic heterocycles. The molecule has 1 nitrogen and oxygen atoms in total. The van der Waals surface area contributed by atoms with Crippen LogP contribution in [0.5, 0.6) is 0 Å². The van der Waals surface area contributed by atoms with Crippen LogP contribution in [0.1, 0.15) is 97.8 Å². The first-order valence-corrected chi connectivity index (χ1v) is 13.6. The van der Waals surface area contributed by atoms with Crippen LogP contribution in [-0.4, -0.2) is 11.1 Å². The Balaban J connectivity index is 1.51. The lowest BCUT2D eigenvalue weighted by atomic mass is 9.37. The molecule has 2 heteroatoms. The number of hydrogen-bond donors (Lipinski definition) is 0. The molecule has 5 aliphatic carbocycles. The molecule has 0 aromatic carbocycles. The molecule has 8 atom stereocenters. The van der Waals surface area contributed by atoms with Crippen molar-refractivity contribution >= 4 is 21.7 Å². The van der Waals surface area contributed by atoms with E-state index in [1.807, 2.05) is 0 Å². The minimum atomic E-state index is 0.340. The zero-order valence-electron chi connectivity index (χ0n) is 18.4. The number of halogens is 1. The van der Waals surface area contributed by atoms with Gasteiger partial charge in [-0.1, -0.05) is 43.1 Å². The van der Waals surface area contributed by atoms with Crippen molar-refractivity contribution < 1.29 is 4.79 Å². The Morgan fingerprint density at radius 2 is 1.75 bits per heavy atom. The lowest BCUT2D eigenvalue weighted by Gasteiger charge is -2.67. The Bertz CT molecular complexity index is 640. The van der Waals surface area contributed by atoms with Gasteiger partial charge in [-0.05, 0) is 116 Å². The first kappa shape index (κ1) is 20.1. The zero-order valence-corrected chi connectivity index (χ0v) is 20.0. The first-order valence-electron chi connectivity index (χ1n) is 12.5. The van der Waals surface area contributed by atoms with Gasteiger partial charge in [0.15, 0.2) is 0 Å². The molecule has 5 saturated carbocycles. The van der Waals surface area contributed by atoms with E-state index in [1.165, 1.54) is 77.0 Å². The highest BCUT2D eigenvalue weighted by molar-refractivity contribution is 9.09. The van der Waals surface area contributed by atoms with E-state index < -0.39 is 0 Å². The van der Waals surface area contributed by atoms with Crippen LogP contribution in [0.4, 0.5) is 0 Å². The third kappa shape index (κ3) is 2.51. The normalized spacial score (nSPS) is 53.2. The van der Waals surface area contributed by atoms with E-state index in [4.69, 9.17) is 0 Å². The van der Waals surface area contributed by atoms with Gasteiger partial charge in [0.25, 0.3) is 0 Å². The SMILES string of the molecule is CC[C@]12CCC3[C@@H](CC[C@]4(C)C[C@@H](C)CC[C@]34C3CC3)C1CC[C@@H]2C(=O)CBr. The Labute approximate surface area is 181 Å². The van der Waals surface area contributed by atoms with E-state index in [9.17, 15) is 4.79 Å². The number of alkyl halides is 1. The predicted molar refractivity (Wildman–Crippen MR) is 119 cm³/mol. The summed E-state index contributed by atoms with van der Waals surface area (Å²) >= 11 is 3.51. The van der Waals surface area contributed by atoms with Gasteiger partial charge in [-0.3, -0.25) is 4.79 Å². The fraction of sp³-hybridized carbons (Fsp3) is 0.962. The molecule has 5 fully saturated rings. The molecular formula is C26H41BrO. The summed E-state index contributed by atoms with van der Waals surface area (Å²) in [6, 6.07) is 0. The van der Waals surface area contributed by atoms with Crippen LogP contribution >= 0.6 is 15.9 Å². The monoisotopic (exact) mass is 448 g/mol. The van der Waals surface area contributed by atoms with Gasteiger partial charge in [0.2, 0.25) is 0 Å². The second-order valence-corrected chi connectivity index (χ2v) is 12.6. The molecule has 5 rings (SSSR count). The molecule has 0 saturated heterocycles. The molecular weight excluding hydrogens is 408 g/mol. The van der Waals surface area contributed by atoms with Crippen molar-refractivity contribution in [2.45, 2.75) is 97.8 Å². The van der Waals surface area contributed by atoms with Crippen LogP contribution in [-0.2, 0) is 4.79 Å². The third-order valence-corrected chi connectivity index (χ3v) is 11.9. The molecule has 0 spiro atoms. The molecule has 158 valence electrons. The highest BCUT2D eigenvalue weighted by Crippen LogP contribution is 2.76. The van der Waals surface area contributed by atoms with E-state index in [2.05, 4.69) is 36.7 Å². The fourth-order valence-electron chi connectivity index (χ4n) is 10.3. The van der Waals surface area contributed by atoms with Crippen LogP contribution < -0.4 is 0 Å². The summed E-state index contributed by atoms with van der Waals surface area (Å²) in [4.78, 5) is 12.8. The number of Topliss-reactive ketones (excluding diaryl/α,β-unsaturated/α-hetero) is 1. The molecule has 2 unspecified atom stereocenters. The summed E-state index contributed by atoms with van der Waals surface area (Å²) in [5.41, 5.74) is 1.59. The number of carbonyl (C=O) groups is 1. The van der Waals surface area contributed by atoms with Crippen LogP contribution in [0.25, 0.3) is 0 Å². The molecule has 0 aromatic rings. The smallest absolute Gasteiger partial charge is 0.147 e. The molecule has 28 heavy (non-hydrogen) atoms. The highest BCUT2D eigenvalue weighted by atomic mass is 79.9. The average Bonchev–Trinajstić information content (AvgIpc) is 3.46. The quantitative estimate of drug-likeness (QED) is 0.408. The summed E-state index contributed by atoms with van der Waals surface area (Å²) in [5, 5.41) is 0.572. The molecule has 0 radical (unpaired) electrons. The molecule has 0 N–H and O–H groups in total. The Morgan fingerprint density at radius 3 is 2.43 bits per heavy atom. The van der Waals surface area contributed by atoms with Crippen LogP contribution in [0.2, 0.25) is 0 Å². The second-order valence-electron chi connectivity index (χ2n) is 12.0. The summed E-state index contributed by atoms with van der Waals surface area (Å²) in [7, 11) is 0. The molecule has 5 aliphatic rings. The maximum absolute atomic E-state index is 12.8. The van der Waals surface area contributed by atoms with E-state index in [-0.39, 0.29) is 0 Å². The third-order valence-electron chi connectivity index (χ3n) is 11.3. The maximum Gasteiger partial charge on any atom is 0.147 e. The van der Waals surface area contributed by atoms with Crippen LogP contribution in [0, 0.1) is 51.8 Å². The van der Waals surface area contributed by atoms with E-state index in [0.29, 0.717) is 33.3 Å². The van der Waals surface area contributed by atoms with Gasteiger partial charge >= 0.3 is 0 Å². The first-order chi connectivity index (χ1) is 13.4. The lowest BCUT2D eigenvalue weighted by molar-refractivity contribution is -0.184. The Morgan fingerprint density at radius 1 is 0.964 bits per heavy atom. The van der Waals surface area contributed by atoms with Gasteiger partial charge in [-0.25, -0.2) is 0 Å². The summed E-state index contributed by atoms with van der Waals surface area (Å²) in [6.07, 6.45) is 17.0. The Kier molecular flexibility index (Phi) is 4.89. The van der Waals surface area contributed by atoms with Gasteiger partial charge in [-0.2, -0.15) is 0 Å². The molecule has 0 bridgehead atoms. The fourth-order valence-corrected chi connectivity index (χ4v) is 10.7. The summed E-state index contributed by atoms with van der Waals surface area (Å²) in [6.45, 7) is 7.63. The summed E-state index contributed by atoms with van der Waals surface area (Å²) < 4.78 is 0. The van der Waals surface area contributed by atoms with Crippen molar-refractivity contribution in [2.75, 3.05) is 5.33 Å². The topological polar surface area (TPSA) is 17.1 Å². The van der Waals surface area contributed by atoms with Crippen molar-refractivity contribution in [3.05, 3.63) is 0 Å². The van der Waals surface area contributed by atoms with Crippen molar-refractivity contribution in [3.63, 3.8) is 0 Å². The minimum absolute atomic E-state index is 0.340. The lowest BCUT2D eigenvalue weighted by Crippen LogP contribution is -2.60. The summed E-state index contributed by atoms with van der Waals surface area (Å²) in [5.74, 6) is 5.54. The largest absolute Gasteiger partial charge is 0.298 e. The maximum atomic E-state index is 12.8. The van der Waals surface area contributed by atoms with E-state index in [0.717, 1.165) is 29.6 Å². The zero-order chi connectivity index (χ0) is 19.7. The minimum Gasteiger partial charge on any atom is -0.298 e. The number of fused-ring (bicyclic) bond motifs is 5. The molecule has 0 amide bonds. The van der Waals surface area contributed by atoms with Crippen molar-refractivity contribution in [1.29, 1.82) is 0 Å². The highest BCUT2D eigenvalue weighted by Gasteiger charge is 2.68. The van der Waals surface area contributed by atoms with E-state index in [1.54, 1.807) is 0 Å². The van der Waals surface area contributed by atoms with Crippen LogP contribution in [0.15, 0.2) is 0 Å². The van der Waals surface area contributed by atoms with Crippen molar-refractivity contribution in [2.24, 2.45) is 51.8 Å². The van der Waals surface area contributed by atoms with Gasteiger partial charge in [-0.15, -0.1) is 0 Å². The van der Waals surface area contributed by atoms with Crippen molar-refractivity contribution in [3.8, 4) is 0 Å². The number of hydrogen-bond acceptors (Lipinski definition) is 1. The second kappa shape index (κ2) is 6.83. The number of carbonyl (C=O) groups excluding carboxylic acids is 1. The number of ketones is 1. The van der Waals surface area contributed by atoms with Gasteiger partial charge in [0, 0.05) is 5.92 Å². The standard InChI is InChI=1S/C26H41BrO/c1-4-25-13-11-21-19(20(25)7-8-22(25)23(28)16-27)10-12-24(3)15-17(2)9-14-26(21,24)18-5-6-18/h17-22H,4-16H2,1-3H3/t17-,19-,20?,21?,22+,24+,25-,26-/m0/s1. The average molecular weight is 450 g/mol. The van der Waals surface area contributed by atoms with E-state index >= 15 is 0 Å². The molecule has 0 aliphatic heterocycles. The molecule has 0 heterocycles. The van der Waals surface area contributed by atoms with Crippen molar-refractivity contribution in [1.82, 2.24) is 0 Å². The van der Waals surface area contributed by atoms with Crippen LogP contribution in [0.3, 0.4) is 0 Å². The predicted octanol–water partition coefficient (Wildman–Crippen LogP) is 7.42.